The molecular formula is C28H29FN2O6. The van der Waals surface area contributed by atoms with E-state index in [0.717, 1.165) is 5.56 Å². The molecule has 1 aliphatic heterocycles. The Morgan fingerprint density at radius 1 is 0.892 bits per heavy atom. The highest BCUT2D eigenvalue weighted by Crippen LogP contribution is 2.46. The lowest BCUT2D eigenvalue weighted by Gasteiger charge is -2.41. The Labute approximate surface area is 214 Å². The van der Waals surface area contributed by atoms with Gasteiger partial charge in [0, 0.05) is 24.2 Å². The number of nitrogens with one attached hydrogen (secondary N) is 1. The second-order valence-electron chi connectivity index (χ2n) is 8.51. The first-order valence-corrected chi connectivity index (χ1v) is 11.7. The van der Waals surface area contributed by atoms with E-state index in [1.807, 2.05) is 12.1 Å². The molecule has 37 heavy (non-hydrogen) atoms. The largest absolute Gasteiger partial charge is 0.497 e. The molecule has 2 atom stereocenters. The van der Waals surface area contributed by atoms with Crippen LogP contribution >= 0.6 is 0 Å². The lowest BCUT2D eigenvalue weighted by Crippen LogP contribution is -2.47. The molecule has 3 aromatic carbocycles. The predicted molar refractivity (Wildman–Crippen MR) is 137 cm³/mol. The number of anilines is 2. The minimum absolute atomic E-state index is 0.152. The van der Waals surface area contributed by atoms with Gasteiger partial charge < -0.3 is 29.2 Å². The quantitative estimate of drug-likeness (QED) is 0.462. The summed E-state index contributed by atoms with van der Waals surface area (Å²) in [6.45, 7) is 0. The van der Waals surface area contributed by atoms with Crippen LogP contribution in [0.5, 0.6) is 23.0 Å². The molecule has 1 fully saturated rings. The summed E-state index contributed by atoms with van der Waals surface area (Å²) in [4.78, 5) is 28.6. The van der Waals surface area contributed by atoms with E-state index in [4.69, 9.17) is 18.9 Å². The molecule has 1 N–H and O–H groups in total. The van der Waals surface area contributed by atoms with Crippen LogP contribution in [0.3, 0.4) is 0 Å². The van der Waals surface area contributed by atoms with Gasteiger partial charge in [-0.3, -0.25) is 9.59 Å². The van der Waals surface area contributed by atoms with Crippen molar-refractivity contribution in [1.82, 2.24) is 0 Å². The fraction of sp³-hybridized carbons (Fsp3) is 0.286. The van der Waals surface area contributed by atoms with Crippen molar-refractivity contribution >= 4 is 23.2 Å². The van der Waals surface area contributed by atoms with E-state index in [1.54, 1.807) is 36.3 Å². The summed E-state index contributed by atoms with van der Waals surface area (Å²) in [5, 5.41) is 2.87. The van der Waals surface area contributed by atoms with Gasteiger partial charge in [0.2, 0.25) is 17.6 Å². The summed E-state index contributed by atoms with van der Waals surface area (Å²) in [6, 6.07) is 15.6. The number of nitrogens with zero attached hydrogens (tertiary/aromatic N) is 1. The standard InChI is InChI=1S/C28H29FN2O6/c1-34-21-11-5-17(6-12-21)26-22(28(33)30-19-9-7-18(29)8-10-19)13-14-25(32)31(26)20-15-23(35-2)27(37-4)24(16-20)36-3/h5-12,15-16,22,26H,13-14H2,1-4H3,(H,30,33)/t22-,26+/m0/s1. The lowest BCUT2D eigenvalue weighted by molar-refractivity contribution is -0.125. The van der Waals surface area contributed by atoms with Crippen LogP contribution in [-0.2, 0) is 9.59 Å². The van der Waals surface area contributed by atoms with Crippen molar-refractivity contribution in [2.45, 2.75) is 18.9 Å². The molecule has 0 aromatic heterocycles. The molecule has 0 aliphatic carbocycles. The van der Waals surface area contributed by atoms with E-state index in [0.29, 0.717) is 40.8 Å². The predicted octanol–water partition coefficient (Wildman–Crippen LogP) is 4.98. The molecular weight excluding hydrogens is 479 g/mol. The summed E-state index contributed by atoms with van der Waals surface area (Å²) in [5.41, 5.74) is 1.72. The average Bonchev–Trinajstić information content (AvgIpc) is 2.93. The fourth-order valence-corrected chi connectivity index (χ4v) is 4.63. The highest BCUT2D eigenvalue weighted by Gasteiger charge is 2.42. The van der Waals surface area contributed by atoms with E-state index in [-0.39, 0.29) is 18.2 Å². The number of piperidine rings is 1. The zero-order chi connectivity index (χ0) is 26.5. The monoisotopic (exact) mass is 508 g/mol. The molecule has 0 bridgehead atoms. The molecule has 9 heteroatoms. The van der Waals surface area contributed by atoms with Gasteiger partial charge in [-0.2, -0.15) is 0 Å². The summed E-state index contributed by atoms with van der Waals surface area (Å²) in [6.07, 6.45) is 0.494. The summed E-state index contributed by atoms with van der Waals surface area (Å²) >= 11 is 0. The highest BCUT2D eigenvalue weighted by molar-refractivity contribution is 6.00. The topological polar surface area (TPSA) is 86.3 Å². The molecule has 8 nitrogen and oxygen atoms in total. The normalized spacial score (nSPS) is 17.2. The molecule has 194 valence electrons. The maximum absolute atomic E-state index is 13.6. The van der Waals surface area contributed by atoms with Gasteiger partial charge in [0.15, 0.2) is 11.5 Å². The van der Waals surface area contributed by atoms with E-state index in [1.165, 1.54) is 45.6 Å². The van der Waals surface area contributed by atoms with Gasteiger partial charge in [-0.25, -0.2) is 4.39 Å². The van der Waals surface area contributed by atoms with E-state index >= 15 is 0 Å². The van der Waals surface area contributed by atoms with E-state index in [2.05, 4.69) is 5.32 Å². The van der Waals surface area contributed by atoms with Gasteiger partial charge in [0.05, 0.1) is 46.1 Å². The first kappa shape index (κ1) is 25.8. The Bertz CT molecular complexity index is 1240. The second-order valence-corrected chi connectivity index (χ2v) is 8.51. The molecule has 1 heterocycles. The van der Waals surface area contributed by atoms with Crippen molar-refractivity contribution in [2.24, 2.45) is 5.92 Å². The minimum atomic E-state index is -0.643. The number of carbonyl (C=O) groups is 2. The molecule has 0 unspecified atom stereocenters. The number of benzene rings is 3. The van der Waals surface area contributed by atoms with Crippen molar-refractivity contribution in [3.63, 3.8) is 0 Å². The first-order chi connectivity index (χ1) is 17.9. The maximum atomic E-state index is 13.6. The van der Waals surface area contributed by atoms with Crippen molar-refractivity contribution in [2.75, 3.05) is 38.7 Å². The molecule has 4 rings (SSSR count). The summed E-state index contributed by atoms with van der Waals surface area (Å²) < 4.78 is 35.1. The fourth-order valence-electron chi connectivity index (χ4n) is 4.63. The number of amides is 2. The number of carbonyl (C=O) groups excluding carboxylic acids is 2. The van der Waals surface area contributed by atoms with Crippen LogP contribution in [0.15, 0.2) is 60.7 Å². The number of halogens is 1. The molecule has 1 saturated heterocycles. The zero-order valence-electron chi connectivity index (χ0n) is 21.1. The third-order valence-corrected chi connectivity index (χ3v) is 6.43. The molecule has 2 amide bonds. The first-order valence-electron chi connectivity index (χ1n) is 11.7. The number of hydrogen-bond donors (Lipinski definition) is 1. The Balaban J connectivity index is 1.81. The van der Waals surface area contributed by atoms with Crippen molar-refractivity contribution in [1.29, 1.82) is 0 Å². The van der Waals surface area contributed by atoms with E-state index in [9.17, 15) is 14.0 Å². The van der Waals surface area contributed by atoms with Crippen LogP contribution in [0.25, 0.3) is 0 Å². The van der Waals surface area contributed by atoms with E-state index < -0.39 is 17.8 Å². The average molecular weight is 509 g/mol. The molecule has 1 aliphatic rings. The van der Waals surface area contributed by atoms with Gasteiger partial charge in [-0.05, 0) is 48.4 Å². The number of methoxy groups -OCH3 is 4. The Morgan fingerprint density at radius 3 is 2.05 bits per heavy atom. The zero-order valence-corrected chi connectivity index (χ0v) is 21.1. The van der Waals surface area contributed by atoms with Crippen molar-refractivity contribution in [3.05, 3.63) is 72.0 Å². The van der Waals surface area contributed by atoms with Crippen LogP contribution in [0, 0.1) is 11.7 Å². The van der Waals surface area contributed by atoms with Crippen LogP contribution in [-0.4, -0.2) is 40.3 Å². The molecule has 0 saturated carbocycles. The van der Waals surface area contributed by atoms with Crippen LogP contribution < -0.4 is 29.2 Å². The summed E-state index contributed by atoms with van der Waals surface area (Å²) in [7, 11) is 6.07. The SMILES string of the molecule is COc1ccc([C@@H]2[C@@H](C(=O)Nc3ccc(F)cc3)CCC(=O)N2c2cc(OC)c(OC)c(OC)c2)cc1. The van der Waals surface area contributed by atoms with Gasteiger partial charge in [0.1, 0.15) is 11.6 Å². The third kappa shape index (κ3) is 5.30. The van der Waals surface area contributed by atoms with Gasteiger partial charge in [-0.15, -0.1) is 0 Å². The van der Waals surface area contributed by atoms with Crippen molar-refractivity contribution < 1.29 is 32.9 Å². The van der Waals surface area contributed by atoms with Crippen LogP contribution in [0.1, 0.15) is 24.4 Å². The highest BCUT2D eigenvalue weighted by atomic mass is 19.1. The summed E-state index contributed by atoms with van der Waals surface area (Å²) in [5.74, 6) is 0.383. The van der Waals surface area contributed by atoms with Crippen molar-refractivity contribution in [3.8, 4) is 23.0 Å². The molecule has 0 spiro atoms. The van der Waals surface area contributed by atoms with Gasteiger partial charge >= 0.3 is 0 Å². The Morgan fingerprint density at radius 2 is 1.51 bits per heavy atom. The maximum Gasteiger partial charge on any atom is 0.229 e. The molecule has 0 radical (unpaired) electrons. The lowest BCUT2D eigenvalue weighted by atomic mass is 9.83. The van der Waals surface area contributed by atoms with Crippen LogP contribution in [0.4, 0.5) is 15.8 Å². The number of rotatable bonds is 8. The van der Waals surface area contributed by atoms with Gasteiger partial charge in [-0.1, -0.05) is 12.1 Å². The van der Waals surface area contributed by atoms with Gasteiger partial charge in [0.25, 0.3) is 0 Å². The second kappa shape index (κ2) is 11.2. The smallest absolute Gasteiger partial charge is 0.229 e. The number of ether oxygens (including phenoxy) is 4. The number of hydrogen-bond acceptors (Lipinski definition) is 6. The third-order valence-electron chi connectivity index (χ3n) is 6.43. The Hall–Kier alpha value is -4.27. The van der Waals surface area contributed by atoms with Crippen LogP contribution in [0.2, 0.25) is 0 Å². The minimum Gasteiger partial charge on any atom is -0.497 e. The Kier molecular flexibility index (Phi) is 7.81. The molecule has 3 aromatic rings.